The van der Waals surface area contributed by atoms with Crippen LogP contribution in [0.1, 0.15) is 70.1 Å². The Morgan fingerprint density at radius 3 is 2.32 bits per heavy atom. The normalized spacial score (nSPS) is 20.3. The Hall–Kier alpha value is -2.87. The van der Waals surface area contributed by atoms with Gasteiger partial charge in [0, 0.05) is 29.0 Å². The van der Waals surface area contributed by atoms with Crippen molar-refractivity contribution in [3.8, 4) is 0 Å². The summed E-state index contributed by atoms with van der Waals surface area (Å²) in [4.78, 5) is 13.4. The molecular formula is C29H31NO. The summed E-state index contributed by atoms with van der Waals surface area (Å²) in [5.41, 5.74) is 7.03. The maximum atomic E-state index is 13.4. The molecule has 0 aromatic heterocycles. The second-order valence-electron chi connectivity index (χ2n) is 11.0. The molecule has 1 aliphatic carbocycles. The number of ketones is 1. The second-order valence-corrected chi connectivity index (χ2v) is 11.0. The van der Waals surface area contributed by atoms with Crippen molar-refractivity contribution in [3.05, 3.63) is 88.6 Å². The lowest BCUT2D eigenvalue weighted by Crippen LogP contribution is -2.33. The minimum absolute atomic E-state index is 0.0199. The summed E-state index contributed by atoms with van der Waals surface area (Å²) in [5, 5.41) is 6.17. The molecule has 0 bridgehead atoms. The number of carbonyl (C=O) groups excluding carboxylic acids is 1. The molecule has 0 fully saturated rings. The Morgan fingerprint density at radius 2 is 1.61 bits per heavy atom. The smallest absolute Gasteiger partial charge is 0.162 e. The van der Waals surface area contributed by atoms with Crippen molar-refractivity contribution in [2.75, 3.05) is 5.32 Å². The summed E-state index contributed by atoms with van der Waals surface area (Å²) in [6.45, 7) is 11.1. The molecule has 3 aromatic carbocycles. The molecule has 0 saturated carbocycles. The summed E-state index contributed by atoms with van der Waals surface area (Å²) in [6, 6.07) is 21.8. The number of hydrogen-bond donors (Lipinski definition) is 1. The van der Waals surface area contributed by atoms with Gasteiger partial charge in [-0.05, 0) is 39.3 Å². The molecule has 0 amide bonds. The van der Waals surface area contributed by atoms with Crippen molar-refractivity contribution in [1.82, 2.24) is 0 Å². The highest BCUT2D eigenvalue weighted by Crippen LogP contribution is 2.50. The van der Waals surface area contributed by atoms with Crippen LogP contribution in [0.2, 0.25) is 0 Å². The van der Waals surface area contributed by atoms with Crippen molar-refractivity contribution in [2.45, 2.75) is 58.8 Å². The number of fused-ring (bicyclic) bond motifs is 3. The zero-order chi connectivity index (χ0) is 22.0. The van der Waals surface area contributed by atoms with Gasteiger partial charge in [-0.1, -0.05) is 95.3 Å². The molecule has 0 radical (unpaired) electrons. The molecule has 158 valence electrons. The first-order valence-corrected chi connectivity index (χ1v) is 11.3. The van der Waals surface area contributed by atoms with E-state index in [1.807, 2.05) is 0 Å². The fourth-order valence-corrected chi connectivity index (χ4v) is 5.28. The molecule has 1 heterocycles. The third kappa shape index (κ3) is 3.39. The van der Waals surface area contributed by atoms with Crippen molar-refractivity contribution >= 4 is 22.2 Å². The van der Waals surface area contributed by atoms with Gasteiger partial charge in [0.2, 0.25) is 0 Å². The first kappa shape index (κ1) is 20.1. The number of nitrogens with one attached hydrogen (secondary N) is 1. The lowest BCUT2D eigenvalue weighted by Gasteiger charge is -2.40. The minimum atomic E-state index is -0.0222. The number of anilines is 1. The van der Waals surface area contributed by atoms with Crippen molar-refractivity contribution in [2.24, 2.45) is 5.41 Å². The molecular weight excluding hydrogens is 378 g/mol. The van der Waals surface area contributed by atoms with Crippen molar-refractivity contribution in [1.29, 1.82) is 0 Å². The van der Waals surface area contributed by atoms with E-state index in [1.165, 1.54) is 27.5 Å². The van der Waals surface area contributed by atoms with E-state index in [1.54, 1.807) is 0 Å². The van der Waals surface area contributed by atoms with E-state index >= 15 is 0 Å². The highest BCUT2D eigenvalue weighted by Gasteiger charge is 2.41. The van der Waals surface area contributed by atoms with Gasteiger partial charge < -0.3 is 5.32 Å². The van der Waals surface area contributed by atoms with Gasteiger partial charge in [0.05, 0.1) is 5.69 Å². The van der Waals surface area contributed by atoms with Crippen molar-refractivity contribution in [3.63, 3.8) is 0 Å². The molecule has 0 spiro atoms. The van der Waals surface area contributed by atoms with Gasteiger partial charge in [-0.3, -0.25) is 4.79 Å². The van der Waals surface area contributed by atoms with Crippen LogP contribution < -0.4 is 5.32 Å². The monoisotopic (exact) mass is 409 g/mol. The number of Topliss-reactive ketones (excluding diaryl/α,β-unsaturated/α-hetero) is 1. The van der Waals surface area contributed by atoms with Gasteiger partial charge in [-0.15, -0.1) is 0 Å². The Morgan fingerprint density at radius 1 is 0.903 bits per heavy atom. The Balaban J connectivity index is 1.74. The van der Waals surface area contributed by atoms with E-state index in [0.717, 1.165) is 23.4 Å². The summed E-state index contributed by atoms with van der Waals surface area (Å²) in [6.07, 6.45) is 1.50. The van der Waals surface area contributed by atoms with Gasteiger partial charge in [0.25, 0.3) is 0 Å². The maximum Gasteiger partial charge on any atom is 0.162 e. The Kier molecular flexibility index (Phi) is 4.41. The molecule has 1 atom stereocenters. The van der Waals surface area contributed by atoms with E-state index in [2.05, 4.69) is 101 Å². The summed E-state index contributed by atoms with van der Waals surface area (Å²) in [5.74, 6) is 0.260. The van der Waals surface area contributed by atoms with E-state index in [9.17, 15) is 4.79 Å². The van der Waals surface area contributed by atoms with Crippen LogP contribution in [0.25, 0.3) is 10.8 Å². The Labute approximate surface area is 185 Å². The minimum Gasteiger partial charge on any atom is -0.358 e. The highest BCUT2D eigenvalue weighted by atomic mass is 16.1. The molecule has 1 N–H and O–H groups in total. The zero-order valence-electron chi connectivity index (χ0n) is 19.2. The molecule has 0 saturated heterocycles. The van der Waals surface area contributed by atoms with Gasteiger partial charge in [0.15, 0.2) is 5.78 Å². The number of carbonyl (C=O) groups is 1. The van der Waals surface area contributed by atoms with Crippen LogP contribution in [0.5, 0.6) is 0 Å². The molecule has 2 aliphatic rings. The van der Waals surface area contributed by atoms with Crippen LogP contribution in [0.4, 0.5) is 5.69 Å². The first-order valence-electron chi connectivity index (χ1n) is 11.3. The predicted molar refractivity (Wildman–Crippen MR) is 130 cm³/mol. The average Bonchev–Trinajstić information content (AvgIpc) is 2.71. The summed E-state index contributed by atoms with van der Waals surface area (Å²) >= 11 is 0. The van der Waals surface area contributed by atoms with Crippen molar-refractivity contribution < 1.29 is 4.79 Å². The third-order valence-electron chi connectivity index (χ3n) is 6.87. The van der Waals surface area contributed by atoms with Crippen LogP contribution in [0.3, 0.4) is 0 Å². The standard InChI is InChI=1S/C29H31NO/c1-28(2,3)20-13-10-19(11-14-20)25-22-15-12-18-8-6-7-9-21(18)27(22)30-23-16-29(4,5)17-24(31)26(23)25/h6-15,25,30H,16-17H2,1-5H3/t25-/m1/s1. The van der Waals surface area contributed by atoms with Crippen LogP contribution >= 0.6 is 0 Å². The maximum absolute atomic E-state index is 13.4. The fraction of sp³-hybridized carbons (Fsp3) is 0.345. The number of benzene rings is 3. The second kappa shape index (κ2) is 6.82. The molecule has 1 aliphatic heterocycles. The van der Waals surface area contributed by atoms with E-state index in [-0.39, 0.29) is 22.5 Å². The van der Waals surface area contributed by atoms with Gasteiger partial charge in [0.1, 0.15) is 0 Å². The zero-order valence-corrected chi connectivity index (χ0v) is 19.2. The highest BCUT2D eigenvalue weighted by molar-refractivity contribution is 6.05. The largest absolute Gasteiger partial charge is 0.358 e. The number of hydrogen-bond acceptors (Lipinski definition) is 2. The third-order valence-corrected chi connectivity index (χ3v) is 6.87. The van der Waals surface area contributed by atoms with E-state index < -0.39 is 0 Å². The van der Waals surface area contributed by atoms with E-state index in [0.29, 0.717) is 6.42 Å². The quantitative estimate of drug-likeness (QED) is 0.455. The first-order chi connectivity index (χ1) is 14.6. The van der Waals surface area contributed by atoms with Gasteiger partial charge in [-0.2, -0.15) is 0 Å². The van der Waals surface area contributed by atoms with E-state index in [4.69, 9.17) is 0 Å². The summed E-state index contributed by atoms with van der Waals surface area (Å²) < 4.78 is 0. The van der Waals surface area contributed by atoms with Crippen LogP contribution in [0, 0.1) is 5.41 Å². The number of rotatable bonds is 1. The SMILES string of the molecule is CC1(C)CC(=O)C2=C(C1)Nc1c(ccc3ccccc13)[C@H]2c1ccc(C(C)(C)C)cc1. The molecule has 2 heteroatoms. The summed E-state index contributed by atoms with van der Waals surface area (Å²) in [7, 11) is 0. The molecule has 31 heavy (non-hydrogen) atoms. The lowest BCUT2D eigenvalue weighted by atomic mass is 9.68. The Bertz CT molecular complexity index is 1220. The predicted octanol–water partition coefficient (Wildman–Crippen LogP) is 7.34. The topological polar surface area (TPSA) is 29.1 Å². The van der Waals surface area contributed by atoms with Gasteiger partial charge in [-0.25, -0.2) is 0 Å². The van der Waals surface area contributed by atoms with Crippen LogP contribution in [0.15, 0.2) is 71.9 Å². The fourth-order valence-electron chi connectivity index (χ4n) is 5.28. The molecule has 3 aromatic rings. The van der Waals surface area contributed by atoms with Gasteiger partial charge >= 0.3 is 0 Å². The molecule has 5 rings (SSSR count). The average molecular weight is 410 g/mol. The van der Waals surface area contributed by atoms with Crippen LogP contribution in [-0.2, 0) is 10.2 Å². The number of allylic oxidation sites excluding steroid dienone is 2. The molecule has 2 nitrogen and oxygen atoms in total. The van der Waals surface area contributed by atoms with Crippen LogP contribution in [-0.4, -0.2) is 5.78 Å². The lowest BCUT2D eigenvalue weighted by molar-refractivity contribution is -0.118. The molecule has 0 unspecified atom stereocenters.